The van der Waals surface area contributed by atoms with Crippen molar-refractivity contribution in [1.82, 2.24) is 14.5 Å². The van der Waals surface area contributed by atoms with Gasteiger partial charge in [0.25, 0.3) is 5.56 Å². The van der Waals surface area contributed by atoms with E-state index in [4.69, 9.17) is 28.2 Å². The summed E-state index contributed by atoms with van der Waals surface area (Å²) in [5.41, 5.74) is 2.10. The van der Waals surface area contributed by atoms with Gasteiger partial charge in [0.15, 0.2) is 10.3 Å². The normalized spacial score (nSPS) is 12.0. The predicted molar refractivity (Wildman–Crippen MR) is 130 cm³/mol. The molecule has 6 nitrogen and oxygen atoms in total. The molecule has 1 N–H and O–H groups in total. The molecule has 4 aromatic rings. The number of anilines is 1. The Morgan fingerprint density at radius 1 is 1.09 bits per heavy atom. The van der Waals surface area contributed by atoms with Crippen molar-refractivity contribution in [3.63, 3.8) is 0 Å². The van der Waals surface area contributed by atoms with Gasteiger partial charge in [0.2, 0.25) is 5.91 Å². The van der Waals surface area contributed by atoms with E-state index in [9.17, 15) is 9.59 Å². The first-order valence-corrected chi connectivity index (χ1v) is 11.4. The number of carbonyl (C=O) groups excluding carboxylic acids is 1. The molecule has 0 saturated heterocycles. The highest BCUT2D eigenvalue weighted by Gasteiger charge is 2.22. The van der Waals surface area contributed by atoms with Crippen LogP contribution in [0, 0.1) is 6.92 Å². The average Bonchev–Trinajstić information content (AvgIpc) is 2.78. The lowest BCUT2D eigenvalue weighted by Crippen LogP contribution is -2.26. The van der Waals surface area contributed by atoms with Gasteiger partial charge in [-0.15, -0.1) is 0 Å². The number of hydrogen-bond donors (Lipinski definition) is 1. The molecule has 0 saturated carbocycles. The molecule has 1 amide bonds. The number of halogens is 2. The number of amides is 1. The lowest BCUT2D eigenvalue weighted by Gasteiger charge is -2.18. The molecule has 1 unspecified atom stereocenters. The van der Waals surface area contributed by atoms with E-state index in [2.05, 4.69) is 10.3 Å². The Morgan fingerprint density at radius 3 is 2.66 bits per heavy atom. The number of aromatic nitrogens is 3. The van der Waals surface area contributed by atoms with Crippen molar-refractivity contribution in [1.29, 1.82) is 0 Å². The maximum absolute atomic E-state index is 13.4. The van der Waals surface area contributed by atoms with E-state index in [1.165, 1.54) is 16.3 Å². The quantitative estimate of drug-likeness (QED) is 0.229. The van der Waals surface area contributed by atoms with Crippen molar-refractivity contribution in [2.45, 2.75) is 24.3 Å². The highest BCUT2D eigenvalue weighted by atomic mass is 35.5. The zero-order chi connectivity index (χ0) is 22.8. The minimum absolute atomic E-state index is 0.202. The number of para-hydroxylation sites is 1. The van der Waals surface area contributed by atoms with Crippen molar-refractivity contribution in [2.24, 2.45) is 0 Å². The van der Waals surface area contributed by atoms with Gasteiger partial charge >= 0.3 is 0 Å². The number of rotatable bonds is 5. The smallest absolute Gasteiger partial charge is 0.266 e. The van der Waals surface area contributed by atoms with Crippen LogP contribution in [0.2, 0.25) is 10.2 Å². The van der Waals surface area contributed by atoms with E-state index < -0.39 is 5.25 Å². The molecule has 32 heavy (non-hydrogen) atoms. The van der Waals surface area contributed by atoms with Gasteiger partial charge in [-0.2, -0.15) is 0 Å². The summed E-state index contributed by atoms with van der Waals surface area (Å²) < 4.78 is 1.51. The van der Waals surface area contributed by atoms with Crippen LogP contribution >= 0.6 is 35.0 Å². The zero-order valence-corrected chi connectivity index (χ0v) is 19.5. The molecule has 0 bridgehead atoms. The SMILES string of the molecule is Cc1c(Cl)cccc1-n1c(SC(C)C(=O)Nc2cccnc2Cl)nc2ccccc2c1=O. The number of pyridine rings is 1. The Morgan fingerprint density at radius 2 is 1.88 bits per heavy atom. The molecule has 0 aliphatic carbocycles. The number of fused-ring (bicyclic) bond motifs is 1. The number of nitrogens with one attached hydrogen (secondary N) is 1. The third-order valence-corrected chi connectivity index (χ3v) is 6.66. The van der Waals surface area contributed by atoms with Crippen molar-refractivity contribution >= 4 is 57.5 Å². The summed E-state index contributed by atoms with van der Waals surface area (Å²) in [5, 5.41) is 3.80. The Kier molecular flexibility index (Phi) is 6.50. The Labute approximate surface area is 198 Å². The second kappa shape index (κ2) is 9.32. The van der Waals surface area contributed by atoms with Crippen LogP contribution in [-0.2, 0) is 4.79 Å². The Balaban J connectivity index is 1.77. The van der Waals surface area contributed by atoms with Crippen LogP contribution in [0.5, 0.6) is 0 Å². The molecule has 0 aliphatic heterocycles. The van der Waals surface area contributed by atoms with Gasteiger partial charge in [0.05, 0.1) is 27.5 Å². The minimum Gasteiger partial charge on any atom is -0.322 e. The summed E-state index contributed by atoms with van der Waals surface area (Å²) in [7, 11) is 0. The van der Waals surface area contributed by atoms with E-state index in [-0.39, 0.29) is 16.6 Å². The van der Waals surface area contributed by atoms with Gasteiger partial charge in [-0.05, 0) is 55.8 Å². The number of benzene rings is 2. The summed E-state index contributed by atoms with van der Waals surface area (Å²) in [4.78, 5) is 34.9. The van der Waals surface area contributed by atoms with Gasteiger partial charge in [0.1, 0.15) is 0 Å². The Hall–Kier alpha value is -2.87. The summed E-state index contributed by atoms with van der Waals surface area (Å²) in [5.74, 6) is -0.290. The first kappa shape index (κ1) is 22.3. The molecule has 2 aromatic carbocycles. The van der Waals surface area contributed by atoms with Crippen LogP contribution < -0.4 is 10.9 Å². The van der Waals surface area contributed by atoms with Gasteiger partial charge in [-0.25, -0.2) is 9.97 Å². The van der Waals surface area contributed by atoms with Crippen LogP contribution in [0.3, 0.4) is 0 Å². The zero-order valence-electron chi connectivity index (χ0n) is 17.2. The number of thioether (sulfide) groups is 1. The summed E-state index contributed by atoms with van der Waals surface area (Å²) in [6, 6.07) is 15.8. The summed E-state index contributed by atoms with van der Waals surface area (Å²) in [6.07, 6.45) is 1.54. The fourth-order valence-electron chi connectivity index (χ4n) is 3.17. The lowest BCUT2D eigenvalue weighted by molar-refractivity contribution is -0.115. The largest absolute Gasteiger partial charge is 0.322 e. The molecule has 2 aromatic heterocycles. The molecule has 0 radical (unpaired) electrons. The number of hydrogen-bond acceptors (Lipinski definition) is 5. The molecular formula is C23H18Cl2N4O2S. The van der Waals surface area contributed by atoms with Crippen LogP contribution in [0.15, 0.2) is 70.7 Å². The third kappa shape index (κ3) is 4.37. The number of nitrogens with zero attached hydrogens (tertiary/aromatic N) is 3. The molecule has 1 atom stereocenters. The molecule has 0 fully saturated rings. The van der Waals surface area contributed by atoms with Crippen LogP contribution in [-0.4, -0.2) is 25.7 Å². The monoisotopic (exact) mass is 484 g/mol. The van der Waals surface area contributed by atoms with E-state index >= 15 is 0 Å². The van der Waals surface area contributed by atoms with E-state index in [0.29, 0.717) is 32.5 Å². The fraction of sp³-hybridized carbons (Fsp3) is 0.130. The average molecular weight is 485 g/mol. The van der Waals surface area contributed by atoms with Crippen molar-refractivity contribution in [2.75, 3.05) is 5.32 Å². The van der Waals surface area contributed by atoms with Gasteiger partial charge in [-0.1, -0.05) is 53.2 Å². The first-order chi connectivity index (χ1) is 15.4. The van der Waals surface area contributed by atoms with Gasteiger partial charge in [-0.3, -0.25) is 14.2 Å². The van der Waals surface area contributed by atoms with Crippen molar-refractivity contribution in [3.8, 4) is 5.69 Å². The van der Waals surface area contributed by atoms with E-state index in [0.717, 1.165) is 5.56 Å². The molecule has 0 spiro atoms. The molecule has 0 aliphatic rings. The third-order valence-electron chi connectivity index (χ3n) is 4.89. The van der Waals surface area contributed by atoms with Crippen molar-refractivity contribution in [3.05, 3.63) is 86.9 Å². The van der Waals surface area contributed by atoms with E-state index in [1.54, 1.807) is 55.6 Å². The maximum atomic E-state index is 13.4. The lowest BCUT2D eigenvalue weighted by atomic mass is 10.2. The molecule has 2 heterocycles. The number of carbonyl (C=O) groups is 1. The van der Waals surface area contributed by atoms with E-state index in [1.807, 2.05) is 19.1 Å². The molecule has 4 rings (SSSR count). The summed E-state index contributed by atoms with van der Waals surface area (Å²) >= 11 is 13.6. The van der Waals surface area contributed by atoms with Crippen molar-refractivity contribution < 1.29 is 4.79 Å². The fourth-order valence-corrected chi connectivity index (χ4v) is 4.42. The summed E-state index contributed by atoms with van der Waals surface area (Å²) in [6.45, 7) is 3.58. The second-order valence-corrected chi connectivity index (χ2v) is 9.10. The second-order valence-electron chi connectivity index (χ2n) is 7.03. The molecular weight excluding hydrogens is 467 g/mol. The van der Waals surface area contributed by atoms with Gasteiger partial charge < -0.3 is 5.32 Å². The first-order valence-electron chi connectivity index (χ1n) is 9.72. The van der Waals surface area contributed by atoms with Crippen LogP contribution in [0.25, 0.3) is 16.6 Å². The minimum atomic E-state index is -0.579. The molecule has 162 valence electrons. The van der Waals surface area contributed by atoms with Crippen LogP contribution in [0.1, 0.15) is 12.5 Å². The maximum Gasteiger partial charge on any atom is 0.266 e. The molecule has 9 heteroatoms. The topological polar surface area (TPSA) is 76.9 Å². The van der Waals surface area contributed by atoms with Gasteiger partial charge in [0, 0.05) is 11.2 Å². The predicted octanol–water partition coefficient (Wildman–Crippen LogP) is 5.52. The van der Waals surface area contributed by atoms with Crippen LogP contribution in [0.4, 0.5) is 5.69 Å². The highest BCUT2D eigenvalue weighted by molar-refractivity contribution is 8.00. The Bertz CT molecular complexity index is 1390. The standard InChI is InChI=1S/C23H18Cl2N4O2S/c1-13-16(24)8-5-11-19(13)29-22(31)15-7-3-4-9-17(15)28-23(29)32-14(2)21(30)27-18-10-6-12-26-20(18)25/h3-12,14H,1-2H3,(H,27,30). The highest BCUT2D eigenvalue weighted by Crippen LogP contribution is 2.29.